The highest BCUT2D eigenvalue weighted by Crippen LogP contribution is 2.31. The van der Waals surface area contributed by atoms with Crippen LogP contribution in [0.2, 0.25) is 0 Å². The number of thiazole rings is 1. The third kappa shape index (κ3) is 3.72. The van der Waals surface area contributed by atoms with Crippen LogP contribution in [-0.2, 0) is 0 Å². The van der Waals surface area contributed by atoms with E-state index in [1.54, 1.807) is 0 Å². The first kappa shape index (κ1) is 17.2. The monoisotopic (exact) mass is 351 g/mol. The molecule has 1 aromatic heterocycles. The lowest BCUT2D eigenvalue weighted by atomic mass is 10.0. The quantitative estimate of drug-likeness (QED) is 0.654. The highest BCUT2D eigenvalue weighted by Gasteiger charge is 2.19. The highest BCUT2D eigenvalue weighted by molar-refractivity contribution is 7.18. The van der Waals surface area contributed by atoms with Crippen molar-refractivity contribution in [1.29, 1.82) is 0 Å². The molecular weight excluding hydrogens is 330 g/mol. The second kappa shape index (κ2) is 6.69. The molecule has 0 saturated heterocycles. The molecule has 3 rings (SSSR count). The number of carbonyl (C=O) groups is 1. The molecule has 0 radical (unpaired) electrons. The Hall–Kier alpha value is -2.66. The van der Waals surface area contributed by atoms with Gasteiger partial charge in [-0.1, -0.05) is 41.2 Å². The third-order valence-corrected chi connectivity index (χ3v) is 4.94. The van der Waals surface area contributed by atoms with Crippen LogP contribution in [0.4, 0.5) is 16.6 Å². The lowest BCUT2D eigenvalue weighted by Crippen LogP contribution is -2.04. The van der Waals surface area contributed by atoms with Crippen molar-refractivity contribution < 1.29 is 4.79 Å². The molecule has 2 aromatic carbocycles. The Morgan fingerprint density at radius 3 is 2.32 bits per heavy atom. The average molecular weight is 351 g/mol. The molecule has 0 saturated carbocycles. The molecule has 3 N–H and O–H groups in total. The fourth-order valence-corrected chi connectivity index (χ4v) is 3.77. The van der Waals surface area contributed by atoms with Gasteiger partial charge < -0.3 is 11.1 Å². The average Bonchev–Trinajstić information content (AvgIpc) is 2.86. The molecule has 0 aliphatic carbocycles. The Morgan fingerprint density at radius 2 is 1.68 bits per heavy atom. The van der Waals surface area contributed by atoms with E-state index >= 15 is 0 Å². The maximum atomic E-state index is 12.8. The number of nitrogens with one attached hydrogen (secondary N) is 1. The Balaban J connectivity index is 1.90. The van der Waals surface area contributed by atoms with Gasteiger partial charge in [0.25, 0.3) is 0 Å². The molecule has 0 atom stereocenters. The van der Waals surface area contributed by atoms with Gasteiger partial charge in [-0.05, 0) is 56.5 Å². The van der Waals surface area contributed by atoms with Crippen LogP contribution in [0.25, 0.3) is 0 Å². The molecule has 0 fully saturated rings. The van der Waals surface area contributed by atoms with E-state index in [-0.39, 0.29) is 11.6 Å². The number of carbonyl (C=O) groups excluding carboxylic acids is 1. The summed E-state index contributed by atoms with van der Waals surface area (Å²) in [6.45, 7) is 8.04. The minimum atomic E-state index is -0.0824. The van der Waals surface area contributed by atoms with Crippen molar-refractivity contribution in [1.82, 2.24) is 4.98 Å². The van der Waals surface area contributed by atoms with Crippen molar-refractivity contribution >= 4 is 33.8 Å². The first-order valence-corrected chi connectivity index (χ1v) is 8.88. The van der Waals surface area contributed by atoms with Crippen molar-refractivity contribution in [3.05, 3.63) is 69.1 Å². The van der Waals surface area contributed by atoms with Gasteiger partial charge in [0.05, 0.1) is 0 Å². The van der Waals surface area contributed by atoms with Crippen molar-refractivity contribution in [2.24, 2.45) is 0 Å². The van der Waals surface area contributed by atoms with E-state index in [4.69, 9.17) is 5.73 Å². The number of aromatic nitrogens is 1. The molecule has 4 nitrogen and oxygen atoms in total. The Bertz CT molecular complexity index is 939. The van der Waals surface area contributed by atoms with Crippen LogP contribution in [0.3, 0.4) is 0 Å². The fraction of sp³-hybridized carbons (Fsp3) is 0.200. The number of hydrogen-bond donors (Lipinski definition) is 2. The summed E-state index contributed by atoms with van der Waals surface area (Å²) in [6, 6.07) is 12.0. The van der Waals surface area contributed by atoms with E-state index in [2.05, 4.69) is 16.4 Å². The van der Waals surface area contributed by atoms with E-state index in [1.165, 1.54) is 22.5 Å². The van der Waals surface area contributed by atoms with Crippen molar-refractivity contribution in [3.8, 4) is 0 Å². The van der Waals surface area contributed by atoms with Crippen LogP contribution in [0, 0.1) is 27.7 Å². The van der Waals surface area contributed by atoms with Gasteiger partial charge in [-0.2, -0.15) is 0 Å². The smallest absolute Gasteiger partial charge is 0.207 e. The Kier molecular flexibility index (Phi) is 4.59. The van der Waals surface area contributed by atoms with E-state index in [1.807, 2.05) is 58.0 Å². The predicted octanol–water partition coefficient (Wildman–Crippen LogP) is 4.93. The van der Waals surface area contributed by atoms with Crippen molar-refractivity contribution in [2.45, 2.75) is 27.7 Å². The number of anilines is 3. The minimum absolute atomic E-state index is 0.0824. The summed E-state index contributed by atoms with van der Waals surface area (Å²) in [5.74, 6) is 0.183. The predicted molar refractivity (Wildman–Crippen MR) is 105 cm³/mol. The molecule has 0 spiro atoms. The van der Waals surface area contributed by atoms with E-state index < -0.39 is 0 Å². The summed E-state index contributed by atoms with van der Waals surface area (Å²) < 4.78 is 0. The van der Waals surface area contributed by atoms with Crippen molar-refractivity contribution in [3.63, 3.8) is 0 Å². The molecule has 128 valence electrons. The lowest BCUT2D eigenvalue weighted by molar-refractivity contribution is 0.104. The molecule has 0 amide bonds. The lowest BCUT2D eigenvalue weighted by Gasteiger charge is -2.05. The number of benzene rings is 2. The standard InChI is InChI=1S/C20H21N3OS/c1-11-5-6-16(14(4)8-11)17(24)18-19(21)23-20(25-18)22-15-9-12(2)7-13(3)10-15/h5-10H,21H2,1-4H3,(H,22,23). The van der Waals surface area contributed by atoms with Gasteiger partial charge in [0.15, 0.2) is 5.13 Å². The summed E-state index contributed by atoms with van der Waals surface area (Å²) in [7, 11) is 0. The van der Waals surface area contributed by atoms with E-state index in [0.29, 0.717) is 15.6 Å². The van der Waals surface area contributed by atoms with Gasteiger partial charge in [-0.15, -0.1) is 0 Å². The van der Waals surface area contributed by atoms with E-state index in [0.717, 1.165) is 16.8 Å². The van der Waals surface area contributed by atoms with Gasteiger partial charge in [0, 0.05) is 11.3 Å². The number of nitrogens with zero attached hydrogens (tertiary/aromatic N) is 1. The molecule has 0 aliphatic rings. The first-order valence-electron chi connectivity index (χ1n) is 8.07. The van der Waals surface area contributed by atoms with Crippen LogP contribution >= 0.6 is 11.3 Å². The van der Waals surface area contributed by atoms with Gasteiger partial charge in [-0.3, -0.25) is 4.79 Å². The number of nitrogen functional groups attached to an aromatic ring is 1. The van der Waals surface area contributed by atoms with Crippen LogP contribution in [0.5, 0.6) is 0 Å². The van der Waals surface area contributed by atoms with Crippen LogP contribution in [0.15, 0.2) is 36.4 Å². The molecule has 0 aliphatic heterocycles. The topological polar surface area (TPSA) is 68.0 Å². The summed E-state index contributed by atoms with van der Waals surface area (Å²) in [5, 5.41) is 3.87. The van der Waals surface area contributed by atoms with Gasteiger partial charge in [0.1, 0.15) is 10.7 Å². The maximum absolute atomic E-state index is 12.8. The SMILES string of the molecule is Cc1cc(C)cc(Nc2nc(N)c(C(=O)c3ccc(C)cc3C)s2)c1. The van der Waals surface area contributed by atoms with Crippen molar-refractivity contribution in [2.75, 3.05) is 11.1 Å². The Labute approximate surface area is 151 Å². The molecule has 5 heteroatoms. The van der Waals surface area contributed by atoms with Gasteiger partial charge in [-0.25, -0.2) is 4.98 Å². The molecule has 0 bridgehead atoms. The number of ketones is 1. The summed E-state index contributed by atoms with van der Waals surface area (Å²) >= 11 is 1.29. The number of nitrogens with two attached hydrogens (primary N) is 1. The zero-order valence-electron chi connectivity index (χ0n) is 14.8. The first-order chi connectivity index (χ1) is 11.8. The zero-order valence-corrected chi connectivity index (χ0v) is 15.6. The molecule has 1 heterocycles. The third-order valence-electron chi connectivity index (χ3n) is 3.96. The normalized spacial score (nSPS) is 10.7. The molecule has 0 unspecified atom stereocenters. The molecule has 25 heavy (non-hydrogen) atoms. The highest BCUT2D eigenvalue weighted by atomic mass is 32.1. The fourth-order valence-electron chi connectivity index (χ4n) is 2.91. The second-order valence-corrected chi connectivity index (χ2v) is 7.38. The van der Waals surface area contributed by atoms with Crippen LogP contribution < -0.4 is 11.1 Å². The van der Waals surface area contributed by atoms with Gasteiger partial charge in [0.2, 0.25) is 5.78 Å². The molecule has 3 aromatic rings. The number of aryl methyl sites for hydroxylation is 4. The number of rotatable bonds is 4. The maximum Gasteiger partial charge on any atom is 0.207 e. The van der Waals surface area contributed by atoms with E-state index in [9.17, 15) is 4.79 Å². The molecular formula is C20H21N3OS. The van der Waals surface area contributed by atoms with Crippen LogP contribution in [-0.4, -0.2) is 10.8 Å². The van der Waals surface area contributed by atoms with Gasteiger partial charge >= 0.3 is 0 Å². The summed E-state index contributed by atoms with van der Waals surface area (Å²) in [6.07, 6.45) is 0. The summed E-state index contributed by atoms with van der Waals surface area (Å²) in [4.78, 5) is 17.6. The zero-order chi connectivity index (χ0) is 18.1. The van der Waals surface area contributed by atoms with Crippen LogP contribution in [0.1, 0.15) is 37.5 Å². The Morgan fingerprint density at radius 1 is 1.00 bits per heavy atom. The second-order valence-electron chi connectivity index (χ2n) is 6.38. The summed E-state index contributed by atoms with van der Waals surface area (Å²) in [5.41, 5.74) is 12.0. The largest absolute Gasteiger partial charge is 0.382 e. The number of hydrogen-bond acceptors (Lipinski definition) is 5. The minimum Gasteiger partial charge on any atom is -0.382 e.